The second kappa shape index (κ2) is 8.12. The number of anilines is 1. The fourth-order valence-corrected chi connectivity index (χ4v) is 2.54. The molecule has 5 heteroatoms. The van der Waals surface area contributed by atoms with E-state index in [2.05, 4.69) is 10.3 Å². The molecule has 0 unspecified atom stereocenters. The Hall–Kier alpha value is -1.13. The molecule has 1 amide bonds. The Labute approximate surface area is 120 Å². The van der Waals surface area contributed by atoms with Gasteiger partial charge >= 0.3 is 0 Å². The molecule has 1 saturated carbocycles. The molecule has 0 bridgehead atoms. The summed E-state index contributed by atoms with van der Waals surface area (Å²) in [6.45, 7) is 0. The predicted octanol–water partition coefficient (Wildman–Crippen LogP) is 2.74. The summed E-state index contributed by atoms with van der Waals surface area (Å²) in [5.41, 5.74) is 5.96. The van der Waals surface area contributed by atoms with Crippen molar-refractivity contribution in [2.75, 3.05) is 5.32 Å². The van der Waals surface area contributed by atoms with Gasteiger partial charge in [-0.15, -0.1) is 12.4 Å². The fraction of sp³-hybridized carbons (Fsp3) is 0.571. The highest BCUT2D eigenvalue weighted by molar-refractivity contribution is 5.93. The van der Waals surface area contributed by atoms with Gasteiger partial charge in [0.2, 0.25) is 5.91 Å². The van der Waals surface area contributed by atoms with Crippen molar-refractivity contribution in [3.8, 4) is 0 Å². The molecule has 0 saturated heterocycles. The van der Waals surface area contributed by atoms with Crippen LogP contribution < -0.4 is 11.1 Å². The predicted molar refractivity (Wildman–Crippen MR) is 79.3 cm³/mol. The molecule has 3 N–H and O–H groups in total. The Morgan fingerprint density at radius 1 is 1.37 bits per heavy atom. The first kappa shape index (κ1) is 15.9. The van der Waals surface area contributed by atoms with Crippen LogP contribution in [0.25, 0.3) is 0 Å². The van der Waals surface area contributed by atoms with Crippen LogP contribution in [0.1, 0.15) is 38.5 Å². The monoisotopic (exact) mass is 283 g/mol. The zero-order valence-corrected chi connectivity index (χ0v) is 11.9. The number of aromatic nitrogens is 1. The third-order valence-corrected chi connectivity index (χ3v) is 3.56. The van der Waals surface area contributed by atoms with Crippen LogP contribution >= 0.6 is 12.4 Å². The van der Waals surface area contributed by atoms with Gasteiger partial charge in [-0.3, -0.25) is 4.79 Å². The Bertz CT molecular complexity index is 380. The van der Waals surface area contributed by atoms with Crippen LogP contribution in [0.15, 0.2) is 24.4 Å². The molecule has 1 aliphatic rings. The average Bonchev–Trinajstić information content (AvgIpc) is 2.41. The minimum atomic E-state index is -0.421. The first-order chi connectivity index (χ1) is 8.75. The molecule has 106 valence electrons. The number of nitrogens with zero attached hydrogens (tertiary/aromatic N) is 1. The van der Waals surface area contributed by atoms with Gasteiger partial charge in [0.05, 0.1) is 6.04 Å². The lowest BCUT2D eigenvalue weighted by molar-refractivity contribution is -0.117. The molecule has 4 nitrogen and oxygen atoms in total. The van der Waals surface area contributed by atoms with E-state index in [1.807, 2.05) is 12.1 Å². The average molecular weight is 284 g/mol. The van der Waals surface area contributed by atoms with Gasteiger partial charge in [0.25, 0.3) is 0 Å². The second-order valence-electron chi connectivity index (χ2n) is 5.05. The van der Waals surface area contributed by atoms with Crippen molar-refractivity contribution in [2.24, 2.45) is 11.7 Å². The molecule has 0 aliphatic heterocycles. The van der Waals surface area contributed by atoms with Crippen LogP contribution in [0.5, 0.6) is 0 Å². The second-order valence-corrected chi connectivity index (χ2v) is 5.05. The molecule has 1 aliphatic carbocycles. The normalized spacial score (nSPS) is 17.3. The largest absolute Gasteiger partial charge is 0.320 e. The maximum absolute atomic E-state index is 11.9. The Balaban J connectivity index is 0.00000180. The number of carbonyl (C=O) groups is 1. The van der Waals surface area contributed by atoms with E-state index in [1.54, 1.807) is 12.3 Å². The van der Waals surface area contributed by atoms with E-state index < -0.39 is 6.04 Å². The maximum atomic E-state index is 11.9. The van der Waals surface area contributed by atoms with Crippen molar-refractivity contribution in [3.63, 3.8) is 0 Å². The smallest absolute Gasteiger partial charge is 0.242 e. The first-order valence-electron chi connectivity index (χ1n) is 6.73. The van der Waals surface area contributed by atoms with E-state index >= 15 is 0 Å². The molecular formula is C14H22ClN3O. The van der Waals surface area contributed by atoms with Crippen molar-refractivity contribution in [2.45, 2.75) is 44.6 Å². The van der Waals surface area contributed by atoms with Crippen LogP contribution in [0, 0.1) is 5.92 Å². The number of nitrogens with two attached hydrogens (primary N) is 1. The summed E-state index contributed by atoms with van der Waals surface area (Å²) in [6, 6.07) is 5.01. The van der Waals surface area contributed by atoms with E-state index in [0.29, 0.717) is 11.7 Å². The van der Waals surface area contributed by atoms with Gasteiger partial charge in [0.1, 0.15) is 5.82 Å². The highest BCUT2D eigenvalue weighted by atomic mass is 35.5. The van der Waals surface area contributed by atoms with Crippen molar-refractivity contribution in [1.29, 1.82) is 0 Å². The number of halogens is 1. The summed E-state index contributed by atoms with van der Waals surface area (Å²) in [6.07, 6.45) is 8.75. The maximum Gasteiger partial charge on any atom is 0.242 e. The number of pyridine rings is 1. The molecule has 1 aromatic rings. The van der Waals surface area contributed by atoms with Gasteiger partial charge in [-0.05, 0) is 24.5 Å². The third kappa shape index (κ3) is 5.17. The van der Waals surface area contributed by atoms with Crippen molar-refractivity contribution >= 4 is 24.1 Å². The Kier molecular flexibility index (Phi) is 6.81. The summed E-state index contributed by atoms with van der Waals surface area (Å²) in [5, 5.41) is 2.76. The van der Waals surface area contributed by atoms with Crippen molar-refractivity contribution in [1.82, 2.24) is 4.98 Å². The van der Waals surface area contributed by atoms with Gasteiger partial charge in [0.15, 0.2) is 0 Å². The lowest BCUT2D eigenvalue weighted by Crippen LogP contribution is -2.37. The molecule has 1 heterocycles. The molecular weight excluding hydrogens is 262 g/mol. The van der Waals surface area contributed by atoms with E-state index in [0.717, 1.165) is 6.42 Å². The molecule has 2 rings (SSSR count). The topological polar surface area (TPSA) is 68.0 Å². The molecule has 19 heavy (non-hydrogen) atoms. The van der Waals surface area contributed by atoms with Crippen LogP contribution in [-0.4, -0.2) is 16.9 Å². The van der Waals surface area contributed by atoms with Gasteiger partial charge in [0, 0.05) is 6.20 Å². The molecule has 1 fully saturated rings. The minimum Gasteiger partial charge on any atom is -0.320 e. The zero-order chi connectivity index (χ0) is 12.8. The third-order valence-electron chi connectivity index (χ3n) is 3.56. The minimum absolute atomic E-state index is 0. The van der Waals surface area contributed by atoms with E-state index in [4.69, 9.17) is 5.73 Å². The van der Waals surface area contributed by atoms with Gasteiger partial charge in [-0.1, -0.05) is 38.2 Å². The summed E-state index contributed by atoms with van der Waals surface area (Å²) in [4.78, 5) is 16.0. The summed E-state index contributed by atoms with van der Waals surface area (Å²) in [5.74, 6) is 1.06. The van der Waals surface area contributed by atoms with Gasteiger partial charge in [-0.25, -0.2) is 4.98 Å². The SMILES string of the molecule is Cl.N[C@@H](CC1CCCCC1)C(=O)Nc1ccccn1. The number of amides is 1. The lowest BCUT2D eigenvalue weighted by atomic mass is 9.85. The lowest BCUT2D eigenvalue weighted by Gasteiger charge is -2.23. The molecule has 1 atom stereocenters. The summed E-state index contributed by atoms with van der Waals surface area (Å²) >= 11 is 0. The number of nitrogens with one attached hydrogen (secondary N) is 1. The van der Waals surface area contributed by atoms with Gasteiger partial charge < -0.3 is 11.1 Å². The Morgan fingerprint density at radius 2 is 2.11 bits per heavy atom. The van der Waals surface area contributed by atoms with Crippen LogP contribution in [0.3, 0.4) is 0 Å². The van der Waals surface area contributed by atoms with Crippen LogP contribution in [0.2, 0.25) is 0 Å². The number of hydrogen-bond donors (Lipinski definition) is 2. The highest BCUT2D eigenvalue weighted by Gasteiger charge is 2.21. The molecule has 1 aromatic heterocycles. The number of hydrogen-bond acceptors (Lipinski definition) is 3. The number of rotatable bonds is 4. The molecule has 0 radical (unpaired) electrons. The summed E-state index contributed by atoms with van der Waals surface area (Å²) < 4.78 is 0. The Morgan fingerprint density at radius 3 is 2.74 bits per heavy atom. The van der Waals surface area contributed by atoms with E-state index in [-0.39, 0.29) is 18.3 Å². The zero-order valence-electron chi connectivity index (χ0n) is 11.0. The summed E-state index contributed by atoms with van der Waals surface area (Å²) in [7, 11) is 0. The van der Waals surface area contributed by atoms with E-state index in [1.165, 1.54) is 32.1 Å². The standard InChI is InChI=1S/C14H21N3O.ClH/c15-12(10-11-6-2-1-3-7-11)14(18)17-13-8-4-5-9-16-13;/h4-5,8-9,11-12H,1-3,6-7,10,15H2,(H,16,17,18);1H/t12-;/m0./s1. The first-order valence-corrected chi connectivity index (χ1v) is 6.73. The van der Waals surface area contributed by atoms with Gasteiger partial charge in [-0.2, -0.15) is 0 Å². The molecule has 0 spiro atoms. The van der Waals surface area contributed by atoms with Crippen LogP contribution in [-0.2, 0) is 4.79 Å². The van der Waals surface area contributed by atoms with E-state index in [9.17, 15) is 4.79 Å². The fourth-order valence-electron chi connectivity index (χ4n) is 2.54. The number of carbonyl (C=O) groups excluding carboxylic acids is 1. The molecule has 0 aromatic carbocycles. The van der Waals surface area contributed by atoms with Crippen molar-refractivity contribution in [3.05, 3.63) is 24.4 Å². The highest BCUT2D eigenvalue weighted by Crippen LogP contribution is 2.27. The quantitative estimate of drug-likeness (QED) is 0.893. The van der Waals surface area contributed by atoms with Crippen molar-refractivity contribution < 1.29 is 4.79 Å². The van der Waals surface area contributed by atoms with Crippen LogP contribution in [0.4, 0.5) is 5.82 Å².